The van der Waals surface area contributed by atoms with Gasteiger partial charge in [0.25, 0.3) is 0 Å². The van der Waals surface area contributed by atoms with Crippen LogP contribution in [-0.4, -0.2) is 38.1 Å². The predicted molar refractivity (Wildman–Crippen MR) is 209 cm³/mol. The molecule has 268 valence electrons. The molecule has 10 heteroatoms. The van der Waals surface area contributed by atoms with Crippen LogP contribution in [-0.2, 0) is 0 Å². The average Bonchev–Trinajstić information content (AvgIpc) is 3.09. The second kappa shape index (κ2) is 21.1. The van der Waals surface area contributed by atoms with Crippen LogP contribution in [0.4, 0.5) is 17.6 Å². The van der Waals surface area contributed by atoms with Crippen molar-refractivity contribution >= 4 is 57.9 Å². The first-order chi connectivity index (χ1) is 23.6. The smallest absolute Gasteiger partial charge is 0.138 e. The molecule has 2 nitrogen and oxygen atoms in total. The van der Waals surface area contributed by atoms with Crippen molar-refractivity contribution in [1.29, 1.82) is 0 Å². The number of nitrogens with one attached hydrogen (secondary N) is 1. The van der Waals surface area contributed by atoms with Crippen molar-refractivity contribution in [1.82, 2.24) is 10.2 Å². The second-order valence-electron chi connectivity index (χ2n) is 12.0. The summed E-state index contributed by atoms with van der Waals surface area (Å²) in [5.41, 5.74) is 2.75. The first-order valence-electron chi connectivity index (χ1n) is 16.4. The Hall–Kier alpha value is -2.53. The summed E-state index contributed by atoms with van der Waals surface area (Å²) in [5, 5.41) is 3.32. The quantitative estimate of drug-likeness (QED) is 0.148. The summed E-state index contributed by atoms with van der Waals surface area (Å²) < 4.78 is 56.5. The van der Waals surface area contributed by atoms with E-state index in [1.165, 1.54) is 47.8 Å². The Labute approximate surface area is 317 Å². The molecule has 0 aromatic heterocycles. The average molecular weight is 808 g/mol. The summed E-state index contributed by atoms with van der Waals surface area (Å²) >= 11 is 6.01. The third-order valence-corrected chi connectivity index (χ3v) is 11.2. The summed E-state index contributed by atoms with van der Waals surface area (Å²) in [6, 6.07) is 19.8. The zero-order valence-corrected chi connectivity index (χ0v) is 32.4. The fourth-order valence-electron chi connectivity index (χ4n) is 5.84. The van der Waals surface area contributed by atoms with Crippen molar-refractivity contribution < 1.29 is 17.6 Å². The number of hydrogen-bond donors (Lipinski definition) is 1. The minimum absolute atomic E-state index is 0. The number of benzene rings is 4. The van der Waals surface area contributed by atoms with E-state index in [-0.39, 0.29) is 35.7 Å². The van der Waals surface area contributed by atoms with Gasteiger partial charge in [-0.15, -0.1) is 19.0 Å². The van der Waals surface area contributed by atoms with Crippen molar-refractivity contribution in [2.75, 3.05) is 33.2 Å². The van der Waals surface area contributed by atoms with Gasteiger partial charge >= 0.3 is 0 Å². The monoisotopic (exact) mass is 806 g/mol. The Balaban J connectivity index is 0.000000246. The van der Waals surface area contributed by atoms with Gasteiger partial charge in [-0.25, -0.2) is 17.6 Å². The normalized spacial score (nSPS) is 15.1. The van der Waals surface area contributed by atoms with Gasteiger partial charge in [0.05, 0.1) is 0 Å². The van der Waals surface area contributed by atoms with E-state index in [0.29, 0.717) is 26.1 Å². The zero-order chi connectivity index (χ0) is 35.3. The maximum atomic E-state index is 14.2. The molecule has 0 radical (unpaired) electrons. The SMILES string of the molecule is C=CC.C=Cc1ccc(Sc2ccc(F)cc2C2CCNCC2)c(F)c1.CN1CCC(c2cc(F)ccc2Sc2ccc(Br)cc2F)CC1.Cl. The number of likely N-dealkylation sites (tertiary alicyclic amines) is 1. The molecular weight excluding hydrogens is 764 g/mol. The molecule has 2 aliphatic rings. The van der Waals surface area contributed by atoms with Crippen molar-refractivity contribution in [3.8, 4) is 0 Å². The van der Waals surface area contributed by atoms with Crippen LogP contribution in [0, 0.1) is 23.3 Å². The third kappa shape index (κ3) is 12.3. The molecule has 2 heterocycles. The van der Waals surface area contributed by atoms with Crippen LogP contribution in [0.2, 0.25) is 0 Å². The van der Waals surface area contributed by atoms with Crippen LogP contribution in [0.3, 0.4) is 0 Å². The van der Waals surface area contributed by atoms with Gasteiger partial charge in [0.15, 0.2) is 0 Å². The van der Waals surface area contributed by atoms with Crippen LogP contribution in [0.15, 0.2) is 116 Å². The minimum atomic E-state index is -0.270. The standard InChI is InChI=1S/C19H19F2NS.C18H18BrF2NS.C3H6.ClH/c1-2-13-3-5-19(17(21)11-13)23-18-6-4-15(20)12-16(18)14-7-9-22-10-8-14;1-22-8-6-12(7-9-22)15-11-14(20)3-5-17(15)23-18-4-2-13(19)10-16(18)21;1-3-2;/h2-6,11-12,14,22H,1,7-10H2;2-5,10-12H,6-9H2,1H3;3H,1H2,2H3;1H. The zero-order valence-electron chi connectivity index (χ0n) is 28.4. The van der Waals surface area contributed by atoms with Crippen LogP contribution in [0.1, 0.15) is 61.1 Å². The fraction of sp³-hybridized carbons (Fsp3) is 0.300. The fourth-order valence-corrected chi connectivity index (χ4v) is 8.19. The van der Waals surface area contributed by atoms with Gasteiger partial charge in [0.2, 0.25) is 0 Å². The van der Waals surface area contributed by atoms with E-state index >= 15 is 0 Å². The van der Waals surface area contributed by atoms with Gasteiger partial charge in [-0.3, -0.25) is 0 Å². The number of halogens is 6. The highest BCUT2D eigenvalue weighted by atomic mass is 79.9. The Morgan fingerprint density at radius 1 is 0.700 bits per heavy atom. The van der Waals surface area contributed by atoms with E-state index in [0.717, 1.165) is 78.3 Å². The summed E-state index contributed by atoms with van der Waals surface area (Å²) in [5.74, 6) is -0.325. The number of allylic oxidation sites excluding steroid dienone is 1. The number of piperidine rings is 2. The Kier molecular flexibility index (Phi) is 17.7. The highest BCUT2D eigenvalue weighted by molar-refractivity contribution is 9.10. The van der Waals surface area contributed by atoms with Gasteiger partial charge in [-0.05, 0) is 161 Å². The van der Waals surface area contributed by atoms with Gasteiger partial charge in [0, 0.05) is 24.1 Å². The van der Waals surface area contributed by atoms with E-state index in [1.807, 2.05) is 19.1 Å². The first kappa shape index (κ1) is 41.9. The molecule has 2 fully saturated rings. The molecule has 2 saturated heterocycles. The molecule has 2 aliphatic heterocycles. The molecule has 1 N–H and O–H groups in total. The summed E-state index contributed by atoms with van der Waals surface area (Å²) in [4.78, 5) is 5.29. The molecule has 4 aromatic rings. The molecular formula is C40H44BrClF4N2S2. The summed E-state index contributed by atoms with van der Waals surface area (Å²) in [6.07, 6.45) is 7.35. The van der Waals surface area contributed by atoms with E-state index in [4.69, 9.17) is 0 Å². The Morgan fingerprint density at radius 2 is 1.16 bits per heavy atom. The second-order valence-corrected chi connectivity index (χ2v) is 15.1. The highest BCUT2D eigenvalue weighted by Gasteiger charge is 2.23. The predicted octanol–water partition coefficient (Wildman–Crippen LogP) is 12.5. The van der Waals surface area contributed by atoms with Crippen LogP contribution in [0.5, 0.6) is 0 Å². The van der Waals surface area contributed by atoms with Crippen molar-refractivity contribution in [2.24, 2.45) is 0 Å². The number of hydrogen-bond acceptors (Lipinski definition) is 4. The topological polar surface area (TPSA) is 15.3 Å². The molecule has 50 heavy (non-hydrogen) atoms. The summed E-state index contributed by atoms with van der Waals surface area (Å²) in [6.45, 7) is 12.8. The van der Waals surface area contributed by atoms with Gasteiger partial charge in [-0.2, -0.15) is 0 Å². The van der Waals surface area contributed by atoms with Crippen molar-refractivity contribution in [2.45, 2.75) is 64.0 Å². The van der Waals surface area contributed by atoms with E-state index in [2.05, 4.69) is 46.4 Å². The molecule has 0 bridgehead atoms. The van der Waals surface area contributed by atoms with Crippen molar-refractivity contribution in [3.63, 3.8) is 0 Å². The molecule has 0 amide bonds. The summed E-state index contributed by atoms with van der Waals surface area (Å²) in [7, 11) is 2.11. The van der Waals surface area contributed by atoms with Gasteiger partial charge in [-0.1, -0.05) is 64.3 Å². The van der Waals surface area contributed by atoms with E-state index in [1.54, 1.807) is 48.6 Å². The maximum Gasteiger partial charge on any atom is 0.138 e. The number of rotatable bonds is 7. The molecule has 0 unspecified atom stereocenters. The van der Waals surface area contributed by atoms with E-state index < -0.39 is 0 Å². The lowest BCUT2D eigenvalue weighted by Crippen LogP contribution is -2.29. The molecule has 0 aliphatic carbocycles. The van der Waals surface area contributed by atoms with Crippen molar-refractivity contribution in [3.05, 3.63) is 136 Å². The maximum absolute atomic E-state index is 14.2. The molecule has 4 aromatic carbocycles. The Bertz CT molecular complexity index is 1710. The van der Waals surface area contributed by atoms with Gasteiger partial charge < -0.3 is 10.2 Å². The lowest BCUT2D eigenvalue weighted by atomic mass is 9.89. The van der Waals surface area contributed by atoms with Gasteiger partial charge in [0.1, 0.15) is 23.3 Å². The van der Waals surface area contributed by atoms with Crippen LogP contribution in [0.25, 0.3) is 6.08 Å². The minimum Gasteiger partial charge on any atom is -0.317 e. The van der Waals surface area contributed by atoms with Crippen LogP contribution >= 0.6 is 51.9 Å². The molecule has 0 spiro atoms. The molecule has 0 atom stereocenters. The number of nitrogens with zero attached hydrogens (tertiary/aromatic N) is 1. The lowest BCUT2D eigenvalue weighted by molar-refractivity contribution is 0.254. The Morgan fingerprint density at radius 3 is 1.64 bits per heavy atom. The third-order valence-electron chi connectivity index (χ3n) is 8.41. The first-order valence-corrected chi connectivity index (χ1v) is 18.8. The molecule has 0 saturated carbocycles. The lowest BCUT2D eigenvalue weighted by Gasteiger charge is -2.30. The molecule has 6 rings (SSSR count). The van der Waals surface area contributed by atoms with E-state index in [9.17, 15) is 17.6 Å². The largest absolute Gasteiger partial charge is 0.317 e. The van der Waals surface area contributed by atoms with Crippen LogP contribution < -0.4 is 5.32 Å². The highest BCUT2D eigenvalue weighted by Crippen LogP contribution is 2.40.